The second kappa shape index (κ2) is 5.14. The van der Waals surface area contributed by atoms with Crippen molar-refractivity contribution in [1.82, 2.24) is 0 Å². The number of hydrogen-bond donors (Lipinski definition) is 2. The Morgan fingerprint density at radius 2 is 2.29 bits per heavy atom. The van der Waals surface area contributed by atoms with Gasteiger partial charge in [-0.1, -0.05) is 11.6 Å². The van der Waals surface area contributed by atoms with Crippen molar-refractivity contribution in [3.05, 3.63) is 29.0 Å². The Balaban J connectivity index is 2.62. The fraction of sp³-hybridized carbons (Fsp3) is 0.333. The Bertz CT molecular complexity index is 309. The average Bonchev–Trinajstić information content (AvgIpc) is 2.19. The van der Waals surface area contributed by atoms with E-state index >= 15 is 0 Å². The molecule has 3 nitrogen and oxygen atoms in total. The van der Waals surface area contributed by atoms with Gasteiger partial charge in [-0.25, -0.2) is 4.39 Å². The fourth-order valence-corrected chi connectivity index (χ4v) is 1.01. The number of nitrogens with two attached hydrogens (primary N) is 1. The zero-order chi connectivity index (χ0) is 10.6. The Kier molecular flexibility index (Phi) is 4.13. The second-order valence-electron chi connectivity index (χ2n) is 2.78. The molecular formula is C9H11ClFNO2. The summed E-state index contributed by atoms with van der Waals surface area (Å²) in [7, 11) is 0. The van der Waals surface area contributed by atoms with Crippen molar-refractivity contribution >= 4 is 11.6 Å². The van der Waals surface area contributed by atoms with E-state index in [-0.39, 0.29) is 18.9 Å². The van der Waals surface area contributed by atoms with Gasteiger partial charge in [0.1, 0.15) is 24.3 Å². The van der Waals surface area contributed by atoms with E-state index in [4.69, 9.17) is 27.2 Å². The molecule has 0 aliphatic rings. The van der Waals surface area contributed by atoms with Crippen LogP contribution in [-0.4, -0.2) is 24.4 Å². The molecule has 0 radical (unpaired) electrons. The number of benzene rings is 1. The van der Waals surface area contributed by atoms with Gasteiger partial charge in [-0.2, -0.15) is 0 Å². The fourth-order valence-electron chi connectivity index (χ4n) is 0.842. The number of rotatable bonds is 4. The van der Waals surface area contributed by atoms with Gasteiger partial charge in [0.15, 0.2) is 0 Å². The predicted octanol–water partition coefficient (Wildman–Crippen LogP) is 1.18. The molecule has 1 aromatic rings. The summed E-state index contributed by atoms with van der Waals surface area (Å²) < 4.78 is 17.8. The predicted molar refractivity (Wildman–Crippen MR) is 52.0 cm³/mol. The summed E-state index contributed by atoms with van der Waals surface area (Å²) in [5, 5.41) is 9.39. The lowest BCUT2D eigenvalue weighted by Gasteiger charge is -2.11. The Labute approximate surface area is 86.2 Å². The van der Waals surface area contributed by atoms with Crippen LogP contribution in [0, 0.1) is 5.82 Å². The largest absolute Gasteiger partial charge is 0.489 e. The van der Waals surface area contributed by atoms with Gasteiger partial charge < -0.3 is 15.6 Å². The van der Waals surface area contributed by atoms with Crippen LogP contribution in [0.1, 0.15) is 0 Å². The lowest BCUT2D eigenvalue weighted by molar-refractivity contribution is 0.114. The lowest BCUT2D eigenvalue weighted by atomic mass is 10.3. The third kappa shape index (κ3) is 3.14. The highest BCUT2D eigenvalue weighted by Crippen LogP contribution is 2.24. The molecule has 1 aromatic carbocycles. The van der Waals surface area contributed by atoms with Crippen molar-refractivity contribution < 1.29 is 14.2 Å². The molecule has 0 bridgehead atoms. The number of ether oxygens (including phenoxy) is 1. The van der Waals surface area contributed by atoms with Gasteiger partial charge in [0.2, 0.25) is 0 Å². The summed E-state index contributed by atoms with van der Waals surface area (Å²) in [5.74, 6) is -0.231. The van der Waals surface area contributed by atoms with Crippen LogP contribution in [0.3, 0.4) is 0 Å². The van der Waals surface area contributed by atoms with Crippen LogP contribution in [-0.2, 0) is 0 Å². The first-order chi connectivity index (χ1) is 6.63. The van der Waals surface area contributed by atoms with Crippen molar-refractivity contribution in [2.75, 3.05) is 13.2 Å². The summed E-state index contributed by atoms with van der Waals surface area (Å²) in [6.45, 7) is 0.0899. The quantitative estimate of drug-likeness (QED) is 0.800. The van der Waals surface area contributed by atoms with Crippen LogP contribution >= 0.6 is 11.6 Å². The summed E-state index contributed by atoms with van der Waals surface area (Å²) in [4.78, 5) is 0. The molecule has 0 fully saturated rings. The van der Waals surface area contributed by atoms with E-state index in [0.717, 1.165) is 6.07 Å². The molecule has 0 amide bonds. The smallest absolute Gasteiger partial charge is 0.140 e. The van der Waals surface area contributed by atoms with Crippen molar-refractivity contribution in [2.24, 2.45) is 5.73 Å². The highest BCUT2D eigenvalue weighted by atomic mass is 35.5. The van der Waals surface area contributed by atoms with Crippen molar-refractivity contribution in [3.63, 3.8) is 0 Å². The molecule has 78 valence electrons. The van der Waals surface area contributed by atoms with E-state index in [1.165, 1.54) is 12.1 Å². The first kappa shape index (κ1) is 11.2. The maximum absolute atomic E-state index is 12.7. The second-order valence-corrected chi connectivity index (χ2v) is 3.18. The summed E-state index contributed by atoms with van der Waals surface area (Å²) in [5.41, 5.74) is 5.17. The van der Waals surface area contributed by atoms with E-state index in [1.54, 1.807) is 0 Å². The highest BCUT2D eigenvalue weighted by molar-refractivity contribution is 6.32. The van der Waals surface area contributed by atoms with Crippen molar-refractivity contribution in [3.8, 4) is 5.75 Å². The maximum Gasteiger partial charge on any atom is 0.140 e. The number of halogens is 2. The first-order valence-corrected chi connectivity index (χ1v) is 4.47. The topological polar surface area (TPSA) is 55.5 Å². The van der Waals surface area contributed by atoms with Crippen molar-refractivity contribution in [2.45, 2.75) is 6.10 Å². The molecule has 0 aromatic heterocycles. The summed E-state index contributed by atoms with van der Waals surface area (Å²) >= 11 is 5.72. The minimum absolute atomic E-state index is 0.000324. The minimum Gasteiger partial charge on any atom is -0.489 e. The lowest BCUT2D eigenvalue weighted by Crippen LogP contribution is -2.26. The van der Waals surface area contributed by atoms with E-state index < -0.39 is 11.9 Å². The molecule has 3 N–H and O–H groups in total. The zero-order valence-electron chi connectivity index (χ0n) is 7.41. The summed E-state index contributed by atoms with van der Waals surface area (Å²) in [6.07, 6.45) is -0.769. The molecule has 14 heavy (non-hydrogen) atoms. The Morgan fingerprint density at radius 3 is 2.93 bits per heavy atom. The molecular weight excluding hydrogens is 209 g/mol. The third-order valence-corrected chi connectivity index (χ3v) is 1.91. The standard InChI is InChI=1S/C9H11ClFNO2/c10-8-2-1-6(11)3-9(8)14-5-7(13)4-12/h1-3,7,13H,4-5,12H2/t7-/m1/s1. The molecule has 0 heterocycles. The van der Waals surface area contributed by atoms with Gasteiger partial charge in [-0.15, -0.1) is 0 Å². The molecule has 1 atom stereocenters. The maximum atomic E-state index is 12.7. The molecule has 1 rings (SSSR count). The van der Waals surface area contributed by atoms with E-state index in [2.05, 4.69) is 0 Å². The van der Waals surface area contributed by atoms with Crippen LogP contribution in [0.2, 0.25) is 5.02 Å². The van der Waals surface area contributed by atoms with E-state index in [1.807, 2.05) is 0 Å². The normalized spacial score (nSPS) is 12.6. The van der Waals surface area contributed by atoms with Crippen molar-refractivity contribution in [1.29, 1.82) is 0 Å². The Morgan fingerprint density at radius 1 is 1.57 bits per heavy atom. The number of aliphatic hydroxyl groups is 1. The van der Waals surface area contributed by atoms with Gasteiger partial charge in [0.05, 0.1) is 5.02 Å². The van der Waals surface area contributed by atoms with Crippen LogP contribution in [0.4, 0.5) is 4.39 Å². The average molecular weight is 220 g/mol. The molecule has 0 saturated carbocycles. The van der Waals surface area contributed by atoms with Gasteiger partial charge in [0.25, 0.3) is 0 Å². The van der Waals surface area contributed by atoms with Crippen LogP contribution in [0.15, 0.2) is 18.2 Å². The molecule has 0 saturated heterocycles. The van der Waals surface area contributed by atoms with Gasteiger partial charge in [-0.05, 0) is 12.1 Å². The zero-order valence-corrected chi connectivity index (χ0v) is 8.17. The molecule has 0 spiro atoms. The highest BCUT2D eigenvalue weighted by Gasteiger charge is 2.06. The molecule has 0 aliphatic carbocycles. The molecule has 0 unspecified atom stereocenters. The summed E-state index contributed by atoms with van der Waals surface area (Å²) in [6, 6.07) is 3.78. The van der Waals surface area contributed by atoms with Gasteiger partial charge >= 0.3 is 0 Å². The van der Waals surface area contributed by atoms with E-state index in [9.17, 15) is 4.39 Å². The van der Waals surface area contributed by atoms with E-state index in [0.29, 0.717) is 5.02 Å². The van der Waals surface area contributed by atoms with Crippen LogP contribution < -0.4 is 10.5 Å². The van der Waals surface area contributed by atoms with Gasteiger partial charge in [-0.3, -0.25) is 0 Å². The SMILES string of the molecule is NC[C@@H](O)COc1cc(F)ccc1Cl. The third-order valence-electron chi connectivity index (χ3n) is 1.60. The van der Waals surface area contributed by atoms with Crippen LogP contribution in [0.25, 0.3) is 0 Å². The Hall–Kier alpha value is -0.840. The number of hydrogen-bond acceptors (Lipinski definition) is 3. The molecule has 0 aliphatic heterocycles. The first-order valence-electron chi connectivity index (χ1n) is 4.09. The number of aliphatic hydroxyl groups excluding tert-OH is 1. The monoisotopic (exact) mass is 219 g/mol. The minimum atomic E-state index is -0.769. The van der Waals surface area contributed by atoms with Gasteiger partial charge in [0, 0.05) is 12.6 Å². The van der Waals surface area contributed by atoms with Crippen LogP contribution in [0.5, 0.6) is 5.75 Å². The molecule has 5 heteroatoms.